The number of ether oxygens (including phenoxy) is 1. The van der Waals surface area contributed by atoms with Crippen LogP contribution in [0.4, 0.5) is 0 Å². The molecule has 4 bridgehead atoms. The average molecular weight is 913 g/mol. The van der Waals surface area contributed by atoms with Gasteiger partial charge in [0.1, 0.15) is 60.4 Å². The molecule has 1 aromatic rings. The molecule has 9 N–H and O–H groups in total. The largest absolute Gasteiger partial charge is 0.508 e. The fourth-order valence-corrected chi connectivity index (χ4v) is 8.49. The van der Waals surface area contributed by atoms with Crippen LogP contribution < -0.4 is 32.3 Å². The number of aromatic hydroxyl groups is 1. The van der Waals surface area contributed by atoms with Gasteiger partial charge in [-0.05, 0) is 67.6 Å². The highest BCUT2D eigenvalue weighted by Crippen LogP contribution is 2.30. The molecule has 11 atom stereocenters. The molecule has 0 saturated carbocycles. The van der Waals surface area contributed by atoms with Gasteiger partial charge in [-0.1, -0.05) is 73.4 Å². The zero-order valence-corrected chi connectivity index (χ0v) is 38.6. The number of carbonyl (C=O) groups is 9. The van der Waals surface area contributed by atoms with E-state index in [-0.39, 0.29) is 63.0 Å². The number of nitrogens with two attached hydrogens (primary N) is 1. The number of phenols is 1. The molecule has 4 fully saturated rings. The van der Waals surface area contributed by atoms with Crippen LogP contribution in [0, 0.1) is 23.7 Å². The molecule has 65 heavy (non-hydrogen) atoms. The molecule has 1 aromatic carbocycles. The van der Waals surface area contributed by atoms with Gasteiger partial charge in [-0.3, -0.25) is 38.4 Å². The number of hydrogen-bond acceptors (Lipinski definition) is 12. The Labute approximate surface area is 379 Å². The van der Waals surface area contributed by atoms with E-state index in [0.29, 0.717) is 12.0 Å². The zero-order valence-electron chi connectivity index (χ0n) is 38.6. The molecule has 20 heteroatoms. The number of hydrogen-bond donors (Lipinski definition) is 8. The van der Waals surface area contributed by atoms with Gasteiger partial charge >= 0.3 is 5.97 Å². The lowest BCUT2D eigenvalue weighted by Gasteiger charge is -2.44. The van der Waals surface area contributed by atoms with Crippen molar-refractivity contribution in [1.29, 1.82) is 0 Å². The average Bonchev–Trinajstić information content (AvgIpc) is 3.25. The Bertz CT molecular complexity index is 1930. The number of amides is 8. The number of aliphatic hydroxyl groups excluding tert-OH is 1. The number of carbonyl (C=O) groups excluding carboxylic acids is 9. The number of nitrogens with zero attached hydrogens (tertiary/aromatic N) is 2. The molecule has 0 aliphatic carbocycles. The number of rotatable bonds is 14. The number of fused-ring (bicyclic) bond motifs is 12. The Kier molecular flexibility index (Phi) is 18.3. The van der Waals surface area contributed by atoms with Crippen molar-refractivity contribution in [2.75, 3.05) is 7.05 Å². The molecule has 0 aromatic heterocycles. The molecule has 4 aliphatic heterocycles. The summed E-state index contributed by atoms with van der Waals surface area (Å²) >= 11 is 0. The summed E-state index contributed by atoms with van der Waals surface area (Å²) < 4.78 is 5.90. The molecular formula is C45H68N8O12. The number of nitrogens with one attached hydrogen (secondary N) is 5. The highest BCUT2D eigenvalue weighted by Gasteiger charge is 2.49. The predicted octanol–water partition coefficient (Wildman–Crippen LogP) is -0.136. The Morgan fingerprint density at radius 2 is 1.55 bits per heavy atom. The number of benzene rings is 1. The second-order valence-electron chi connectivity index (χ2n) is 18.3. The van der Waals surface area contributed by atoms with Gasteiger partial charge in [-0.2, -0.15) is 0 Å². The fourth-order valence-electron chi connectivity index (χ4n) is 8.49. The molecule has 8 amide bonds. The third-order valence-electron chi connectivity index (χ3n) is 12.6. The number of piperidine rings is 1. The maximum absolute atomic E-state index is 14.8. The molecule has 4 aliphatic rings. The molecule has 8 unspecified atom stereocenters. The van der Waals surface area contributed by atoms with E-state index in [1.165, 1.54) is 24.1 Å². The number of phenolic OH excluding ortho intramolecular Hbond substituents is 1. The van der Waals surface area contributed by atoms with E-state index in [0.717, 1.165) is 4.90 Å². The first-order valence-electron chi connectivity index (χ1n) is 22.6. The van der Waals surface area contributed by atoms with Crippen LogP contribution in [-0.4, -0.2) is 135 Å². The van der Waals surface area contributed by atoms with Crippen molar-refractivity contribution >= 4 is 53.2 Å². The van der Waals surface area contributed by atoms with Gasteiger partial charge in [0.25, 0.3) is 0 Å². The first kappa shape index (κ1) is 51.8. The third-order valence-corrected chi connectivity index (χ3v) is 12.6. The first-order valence-corrected chi connectivity index (χ1v) is 22.6. The van der Waals surface area contributed by atoms with Gasteiger partial charge in [0.2, 0.25) is 47.3 Å². The second-order valence-corrected chi connectivity index (χ2v) is 18.3. The van der Waals surface area contributed by atoms with Gasteiger partial charge in [0.15, 0.2) is 0 Å². The summed E-state index contributed by atoms with van der Waals surface area (Å²) in [5.41, 5.74) is 5.92. The smallest absolute Gasteiger partial charge is 0.329 e. The van der Waals surface area contributed by atoms with Crippen molar-refractivity contribution in [2.45, 2.75) is 161 Å². The standard InChI is InChI=1S/C45H68N8O12/c1-9-24(7)37-44(63)52(8)31(20-25-11-13-27(54)14-12-25)41(60)50-35-26(10-2)21-32(65-45(35)64)36(51-39(58)28(15-17-33(46)55)47-38(57)23(5)6)42(61)49-30(19-22(3)4)40(59)48-29-16-18-34(56)53(37)43(29)62/h11-14,22-24,26,28-32,34-37,54,56H,9-10,15-21H2,1-8H3,(H2,46,55)(H,47,57)(H,48,59)(H,49,61)(H,50,60)(H,51,58)/t24?,26?,28-,29?,30?,31?,32?,34-,35-,36?,37?/m0/s1. The van der Waals surface area contributed by atoms with Crippen LogP contribution in [-0.2, 0) is 54.3 Å². The fraction of sp³-hybridized carbons (Fsp3) is 0.667. The maximum Gasteiger partial charge on any atom is 0.329 e. The Morgan fingerprint density at radius 1 is 0.892 bits per heavy atom. The number of likely N-dealkylation sites (N-methyl/N-ethyl adjacent to an activating group) is 1. The summed E-state index contributed by atoms with van der Waals surface area (Å²) in [6.07, 6.45) is -2.91. The Morgan fingerprint density at radius 3 is 2.14 bits per heavy atom. The van der Waals surface area contributed by atoms with Crippen LogP contribution in [0.1, 0.15) is 105 Å². The van der Waals surface area contributed by atoms with Crippen LogP contribution in [0.2, 0.25) is 0 Å². The topological polar surface area (TPSA) is 296 Å². The lowest BCUT2D eigenvalue weighted by molar-refractivity contribution is -0.169. The highest BCUT2D eigenvalue weighted by molar-refractivity contribution is 5.98. The van der Waals surface area contributed by atoms with E-state index in [9.17, 15) is 53.4 Å². The molecule has 4 saturated heterocycles. The van der Waals surface area contributed by atoms with Gasteiger partial charge in [0, 0.05) is 25.8 Å². The van der Waals surface area contributed by atoms with Gasteiger partial charge in [0.05, 0.1) is 0 Å². The Hall–Kier alpha value is -5.79. The molecule has 0 spiro atoms. The molecule has 20 nitrogen and oxygen atoms in total. The normalized spacial score (nSPS) is 28.0. The van der Waals surface area contributed by atoms with Crippen molar-refractivity contribution in [3.63, 3.8) is 0 Å². The van der Waals surface area contributed by atoms with Crippen molar-refractivity contribution in [2.24, 2.45) is 29.4 Å². The summed E-state index contributed by atoms with van der Waals surface area (Å²) in [6.45, 7) is 12.1. The summed E-state index contributed by atoms with van der Waals surface area (Å²) in [4.78, 5) is 128. The quantitative estimate of drug-likeness (QED) is 0.113. The van der Waals surface area contributed by atoms with Crippen LogP contribution in [0.5, 0.6) is 5.75 Å². The molecule has 5 rings (SSSR count). The summed E-state index contributed by atoms with van der Waals surface area (Å²) in [5.74, 6) is -9.14. The van der Waals surface area contributed by atoms with E-state index in [1.54, 1.807) is 60.6 Å². The second kappa shape index (κ2) is 22.9. The summed E-state index contributed by atoms with van der Waals surface area (Å²) in [7, 11) is 1.39. The number of aliphatic hydroxyl groups is 1. The molecule has 4 heterocycles. The highest BCUT2D eigenvalue weighted by atomic mass is 16.5. The number of esters is 1. The lowest BCUT2D eigenvalue weighted by atomic mass is 9.85. The third kappa shape index (κ3) is 13.2. The van der Waals surface area contributed by atoms with Gasteiger partial charge < -0.3 is 57.1 Å². The van der Waals surface area contributed by atoms with Crippen LogP contribution >= 0.6 is 0 Å². The van der Waals surface area contributed by atoms with E-state index < -0.39 is 126 Å². The SMILES string of the molecule is CCC(C)C1C(=O)N(C)C(Cc2ccc(O)cc2)C(=O)N[C@@H]2C(=O)OC(CC2CC)C(NC(=O)[C@H](CCC(N)=O)NC(=O)C(C)C)C(=O)NC(CC(C)C)C(=O)NC2CC[C@H](O)N1C2=O. The zero-order chi connectivity index (χ0) is 48.4. The summed E-state index contributed by atoms with van der Waals surface area (Å²) in [6, 6.07) is -3.55. The van der Waals surface area contributed by atoms with Crippen molar-refractivity contribution in [3.8, 4) is 5.75 Å². The van der Waals surface area contributed by atoms with Crippen LogP contribution in [0.3, 0.4) is 0 Å². The van der Waals surface area contributed by atoms with E-state index >= 15 is 0 Å². The minimum absolute atomic E-state index is 0.0149. The molecular weight excluding hydrogens is 845 g/mol. The molecule has 0 radical (unpaired) electrons. The van der Waals surface area contributed by atoms with E-state index in [4.69, 9.17) is 10.5 Å². The van der Waals surface area contributed by atoms with Crippen molar-refractivity contribution in [3.05, 3.63) is 29.8 Å². The van der Waals surface area contributed by atoms with Gasteiger partial charge in [-0.15, -0.1) is 0 Å². The predicted molar refractivity (Wildman–Crippen MR) is 234 cm³/mol. The van der Waals surface area contributed by atoms with Gasteiger partial charge in [-0.25, -0.2) is 4.79 Å². The Balaban J connectivity index is 1.87. The van der Waals surface area contributed by atoms with Crippen LogP contribution in [0.25, 0.3) is 0 Å². The summed E-state index contributed by atoms with van der Waals surface area (Å²) in [5, 5.41) is 34.8. The van der Waals surface area contributed by atoms with Crippen LogP contribution in [0.15, 0.2) is 24.3 Å². The maximum atomic E-state index is 14.8. The first-order chi connectivity index (χ1) is 30.6. The minimum Gasteiger partial charge on any atom is -0.508 e. The lowest BCUT2D eigenvalue weighted by Crippen LogP contribution is -2.66. The van der Waals surface area contributed by atoms with E-state index in [1.807, 2.05) is 0 Å². The minimum atomic E-state index is -1.68. The monoisotopic (exact) mass is 912 g/mol. The molecule has 360 valence electrons. The van der Waals surface area contributed by atoms with Crippen molar-refractivity contribution in [1.82, 2.24) is 36.4 Å². The van der Waals surface area contributed by atoms with E-state index in [2.05, 4.69) is 26.6 Å². The van der Waals surface area contributed by atoms with Crippen molar-refractivity contribution < 1.29 is 58.1 Å². The number of primary amides is 1.